The minimum absolute atomic E-state index is 0.0152. The molecule has 0 bridgehead atoms. The highest BCUT2D eigenvalue weighted by molar-refractivity contribution is 9.18. The van der Waals surface area contributed by atoms with Crippen LogP contribution in [0.25, 0.3) is 0 Å². The zero-order valence-corrected chi connectivity index (χ0v) is 16.1. The maximum absolute atomic E-state index is 11.9. The zero-order chi connectivity index (χ0) is 19.6. The van der Waals surface area contributed by atoms with Crippen molar-refractivity contribution >= 4 is 38.5 Å². The molecule has 2 atom stereocenters. The molecule has 0 fully saturated rings. The van der Waals surface area contributed by atoms with Gasteiger partial charge in [-0.1, -0.05) is 35.5 Å². The Hall–Kier alpha value is -2.62. The Morgan fingerprint density at radius 2 is 2.07 bits per heavy atom. The average molecular weight is 441 g/mol. The topological polar surface area (TPSA) is 132 Å². The number of hydrogen-bond acceptors (Lipinski definition) is 6. The minimum Gasteiger partial charge on any atom is -0.445 e. The van der Waals surface area contributed by atoms with Gasteiger partial charge in [-0.15, -0.1) is 0 Å². The SMILES string of the molecule is NC(=O)[C@H](CCC(=O)NCC1CC(Br)=NO1)NC(=O)OCc1ccccc1. The Kier molecular flexibility index (Phi) is 8.05. The van der Waals surface area contributed by atoms with Crippen LogP contribution in [0.15, 0.2) is 35.5 Å². The first-order valence-corrected chi connectivity index (χ1v) is 9.14. The van der Waals surface area contributed by atoms with E-state index < -0.39 is 18.0 Å². The summed E-state index contributed by atoms with van der Waals surface area (Å²) in [5.74, 6) is -1.02. The van der Waals surface area contributed by atoms with Gasteiger partial charge in [0.15, 0.2) is 6.10 Å². The van der Waals surface area contributed by atoms with Gasteiger partial charge in [-0.05, 0) is 27.9 Å². The highest BCUT2D eigenvalue weighted by Gasteiger charge is 2.22. The summed E-state index contributed by atoms with van der Waals surface area (Å²) < 4.78 is 5.74. The van der Waals surface area contributed by atoms with E-state index in [1.165, 1.54) is 0 Å². The molecule has 0 saturated carbocycles. The molecule has 1 heterocycles. The molecule has 0 aliphatic carbocycles. The van der Waals surface area contributed by atoms with Crippen molar-refractivity contribution in [3.05, 3.63) is 35.9 Å². The number of nitrogens with two attached hydrogens (primary N) is 1. The van der Waals surface area contributed by atoms with Gasteiger partial charge in [0.25, 0.3) is 0 Å². The van der Waals surface area contributed by atoms with E-state index >= 15 is 0 Å². The van der Waals surface area contributed by atoms with E-state index in [2.05, 4.69) is 31.7 Å². The van der Waals surface area contributed by atoms with E-state index in [-0.39, 0.29) is 31.5 Å². The highest BCUT2D eigenvalue weighted by Crippen LogP contribution is 2.13. The number of ether oxygens (including phenoxy) is 1. The van der Waals surface area contributed by atoms with Crippen LogP contribution in [-0.4, -0.2) is 41.2 Å². The van der Waals surface area contributed by atoms with Crippen molar-refractivity contribution in [2.45, 2.75) is 38.0 Å². The van der Waals surface area contributed by atoms with Crippen molar-refractivity contribution < 1.29 is 24.0 Å². The Bertz CT molecular complexity index is 698. The Labute approximate surface area is 164 Å². The lowest BCUT2D eigenvalue weighted by Gasteiger charge is -2.16. The van der Waals surface area contributed by atoms with Gasteiger partial charge < -0.3 is 25.9 Å². The number of halogens is 1. The summed E-state index contributed by atoms with van der Waals surface area (Å²) >= 11 is 3.21. The minimum atomic E-state index is -1.00. The number of carbonyl (C=O) groups is 3. The zero-order valence-electron chi connectivity index (χ0n) is 14.5. The smallest absolute Gasteiger partial charge is 0.408 e. The van der Waals surface area contributed by atoms with E-state index in [4.69, 9.17) is 15.3 Å². The van der Waals surface area contributed by atoms with Crippen LogP contribution in [-0.2, 0) is 25.8 Å². The molecule has 146 valence electrons. The molecule has 1 aromatic rings. The predicted molar refractivity (Wildman–Crippen MR) is 101 cm³/mol. The van der Waals surface area contributed by atoms with Crippen LogP contribution in [0.4, 0.5) is 4.79 Å². The molecular formula is C17H21BrN4O5. The Balaban J connectivity index is 1.68. The molecule has 9 nitrogen and oxygen atoms in total. The van der Waals surface area contributed by atoms with Crippen LogP contribution in [0.2, 0.25) is 0 Å². The van der Waals surface area contributed by atoms with Gasteiger partial charge in [0.05, 0.1) is 6.54 Å². The van der Waals surface area contributed by atoms with Crippen LogP contribution in [0, 0.1) is 0 Å². The molecular weight excluding hydrogens is 420 g/mol. The summed E-state index contributed by atoms with van der Waals surface area (Å²) in [5, 5.41) is 8.79. The highest BCUT2D eigenvalue weighted by atomic mass is 79.9. The summed E-state index contributed by atoms with van der Waals surface area (Å²) in [6.45, 7) is 0.364. The maximum atomic E-state index is 11.9. The summed E-state index contributed by atoms with van der Waals surface area (Å²) in [5.41, 5.74) is 6.10. The fourth-order valence-electron chi connectivity index (χ4n) is 2.29. The second-order valence-corrected chi connectivity index (χ2v) is 6.82. The molecule has 0 spiro atoms. The van der Waals surface area contributed by atoms with Crippen molar-refractivity contribution in [3.63, 3.8) is 0 Å². The number of hydrogen-bond donors (Lipinski definition) is 3. The van der Waals surface area contributed by atoms with Gasteiger partial charge in [-0.25, -0.2) is 4.79 Å². The second-order valence-electron chi connectivity index (χ2n) is 5.90. The van der Waals surface area contributed by atoms with Crippen LogP contribution in [0.3, 0.4) is 0 Å². The van der Waals surface area contributed by atoms with Crippen LogP contribution in [0.1, 0.15) is 24.8 Å². The van der Waals surface area contributed by atoms with Crippen molar-refractivity contribution in [1.29, 1.82) is 0 Å². The molecule has 1 unspecified atom stereocenters. The van der Waals surface area contributed by atoms with Crippen molar-refractivity contribution in [1.82, 2.24) is 10.6 Å². The number of primary amides is 1. The Morgan fingerprint density at radius 3 is 2.70 bits per heavy atom. The molecule has 1 aliphatic rings. The summed E-state index contributed by atoms with van der Waals surface area (Å²) in [7, 11) is 0. The number of alkyl carbamates (subject to hydrolysis) is 1. The molecule has 0 radical (unpaired) electrons. The fourth-order valence-corrected chi connectivity index (χ4v) is 2.73. The quantitative estimate of drug-likeness (QED) is 0.529. The third-order valence-electron chi connectivity index (χ3n) is 3.73. The molecule has 0 aromatic heterocycles. The first kappa shape index (κ1) is 20.7. The van der Waals surface area contributed by atoms with Crippen LogP contribution < -0.4 is 16.4 Å². The van der Waals surface area contributed by atoms with E-state index in [0.29, 0.717) is 17.6 Å². The number of benzene rings is 1. The van der Waals surface area contributed by atoms with E-state index in [1.807, 2.05) is 18.2 Å². The number of rotatable bonds is 9. The van der Waals surface area contributed by atoms with Gasteiger partial charge in [0, 0.05) is 12.8 Å². The molecule has 1 aliphatic heterocycles. The van der Waals surface area contributed by atoms with Crippen LogP contribution in [0.5, 0.6) is 0 Å². The normalized spacial score (nSPS) is 16.6. The third-order valence-corrected chi connectivity index (χ3v) is 4.20. The molecule has 10 heteroatoms. The summed E-state index contributed by atoms with van der Waals surface area (Å²) in [6.07, 6.45) is -0.334. The summed E-state index contributed by atoms with van der Waals surface area (Å²) in [4.78, 5) is 40.3. The molecule has 3 amide bonds. The first-order chi connectivity index (χ1) is 12.9. The lowest BCUT2D eigenvalue weighted by molar-refractivity contribution is -0.122. The number of oxime groups is 1. The van der Waals surface area contributed by atoms with Gasteiger partial charge in [-0.2, -0.15) is 0 Å². The third kappa shape index (κ3) is 7.65. The summed E-state index contributed by atoms with van der Waals surface area (Å²) in [6, 6.07) is 8.11. The number of carbonyl (C=O) groups excluding carboxylic acids is 3. The lowest BCUT2D eigenvalue weighted by Crippen LogP contribution is -2.45. The first-order valence-electron chi connectivity index (χ1n) is 8.35. The Morgan fingerprint density at radius 1 is 1.33 bits per heavy atom. The fraction of sp³-hybridized carbons (Fsp3) is 0.412. The van der Waals surface area contributed by atoms with Crippen molar-refractivity contribution in [2.24, 2.45) is 10.9 Å². The number of nitrogens with zero attached hydrogens (tertiary/aromatic N) is 1. The van der Waals surface area contributed by atoms with E-state index in [0.717, 1.165) is 5.56 Å². The number of amides is 3. The average Bonchev–Trinajstić information content (AvgIpc) is 3.07. The lowest BCUT2D eigenvalue weighted by atomic mass is 10.1. The van der Waals surface area contributed by atoms with E-state index in [1.54, 1.807) is 12.1 Å². The van der Waals surface area contributed by atoms with Gasteiger partial charge in [0.2, 0.25) is 11.8 Å². The monoisotopic (exact) mass is 440 g/mol. The largest absolute Gasteiger partial charge is 0.445 e. The second kappa shape index (κ2) is 10.5. The molecule has 1 aromatic carbocycles. The molecule has 0 saturated heterocycles. The van der Waals surface area contributed by atoms with Gasteiger partial charge in [0.1, 0.15) is 17.3 Å². The van der Waals surface area contributed by atoms with Crippen molar-refractivity contribution in [2.75, 3.05) is 6.54 Å². The molecule has 27 heavy (non-hydrogen) atoms. The standard InChI is InChI=1S/C17H21BrN4O5/c18-14-8-12(27-22-14)9-20-15(23)7-6-13(16(19)24)21-17(25)26-10-11-4-2-1-3-5-11/h1-5,12-13H,6-10H2,(H2,19,24)(H,20,23)(H,21,25)/t12?,13-/m0/s1. The van der Waals surface area contributed by atoms with E-state index in [9.17, 15) is 14.4 Å². The van der Waals surface area contributed by atoms with Gasteiger partial charge in [-0.3, -0.25) is 9.59 Å². The van der Waals surface area contributed by atoms with Crippen molar-refractivity contribution in [3.8, 4) is 0 Å². The van der Waals surface area contributed by atoms with Gasteiger partial charge >= 0.3 is 6.09 Å². The molecule has 4 N–H and O–H groups in total. The molecule has 2 rings (SSSR count). The van der Waals surface area contributed by atoms with Crippen LogP contribution >= 0.6 is 15.9 Å². The number of nitrogens with one attached hydrogen (secondary N) is 2. The predicted octanol–water partition coefficient (Wildman–Crippen LogP) is 1.16. The maximum Gasteiger partial charge on any atom is 0.408 e.